The lowest BCUT2D eigenvalue weighted by atomic mass is 10.2. The largest absolute Gasteiger partial charge is 0.493 e. The van der Waals surface area contributed by atoms with Crippen molar-refractivity contribution in [2.75, 3.05) is 17.7 Å². The summed E-state index contributed by atoms with van der Waals surface area (Å²) in [4.78, 5) is 8.59. The number of ether oxygens (including phenoxy) is 1. The van der Waals surface area contributed by atoms with Crippen LogP contribution in [0.5, 0.6) is 5.75 Å². The molecule has 0 aliphatic carbocycles. The van der Waals surface area contributed by atoms with E-state index in [1.807, 2.05) is 42.5 Å². The standard InChI is InChI=1S/C20H16N6O2/c1-27-17-8-15(6-12-4-5-28-20(12)17)25-19-9-18(21-11-22-19)24-14-2-3-16-13(7-14)10-23-26-16/h2-11H,1H3,(H,23,26)(H2,21,22,24,25). The van der Waals surface area contributed by atoms with Gasteiger partial charge in [-0.15, -0.1) is 0 Å². The minimum Gasteiger partial charge on any atom is -0.493 e. The van der Waals surface area contributed by atoms with Gasteiger partial charge >= 0.3 is 0 Å². The van der Waals surface area contributed by atoms with E-state index in [-0.39, 0.29) is 0 Å². The molecule has 5 aromatic rings. The Hall–Kier alpha value is -4.07. The normalized spacial score (nSPS) is 11.0. The minimum absolute atomic E-state index is 0.658. The average Bonchev–Trinajstić information content (AvgIpc) is 3.36. The number of fused-ring (bicyclic) bond motifs is 2. The van der Waals surface area contributed by atoms with E-state index < -0.39 is 0 Å². The van der Waals surface area contributed by atoms with Crippen molar-refractivity contribution in [2.45, 2.75) is 0 Å². The third kappa shape index (κ3) is 2.96. The first kappa shape index (κ1) is 16.1. The summed E-state index contributed by atoms with van der Waals surface area (Å²) in [5.41, 5.74) is 3.46. The second-order valence-corrected chi connectivity index (χ2v) is 6.23. The van der Waals surface area contributed by atoms with Gasteiger partial charge < -0.3 is 19.8 Å². The van der Waals surface area contributed by atoms with E-state index in [2.05, 4.69) is 30.8 Å². The Labute approximate surface area is 159 Å². The predicted octanol–water partition coefficient (Wildman–Crippen LogP) is 4.59. The summed E-state index contributed by atoms with van der Waals surface area (Å²) < 4.78 is 10.9. The van der Waals surface area contributed by atoms with Gasteiger partial charge in [0.25, 0.3) is 0 Å². The van der Waals surface area contributed by atoms with Crippen molar-refractivity contribution in [3.63, 3.8) is 0 Å². The summed E-state index contributed by atoms with van der Waals surface area (Å²) in [6, 6.07) is 13.5. The lowest BCUT2D eigenvalue weighted by molar-refractivity contribution is 0.410. The number of nitrogens with one attached hydrogen (secondary N) is 3. The van der Waals surface area contributed by atoms with E-state index in [4.69, 9.17) is 9.15 Å². The molecule has 0 fully saturated rings. The molecule has 0 aliphatic heterocycles. The first-order chi connectivity index (χ1) is 13.8. The first-order valence-corrected chi connectivity index (χ1v) is 8.63. The van der Waals surface area contributed by atoms with Crippen molar-refractivity contribution in [3.05, 3.63) is 61.3 Å². The van der Waals surface area contributed by atoms with Gasteiger partial charge in [-0.1, -0.05) is 0 Å². The Morgan fingerprint density at radius 3 is 2.61 bits per heavy atom. The van der Waals surface area contributed by atoms with Gasteiger partial charge in [-0.2, -0.15) is 5.10 Å². The lowest BCUT2D eigenvalue weighted by Gasteiger charge is -2.10. The number of furan rings is 1. The summed E-state index contributed by atoms with van der Waals surface area (Å²) >= 11 is 0. The van der Waals surface area contributed by atoms with Crippen LogP contribution in [0.25, 0.3) is 21.9 Å². The topological polar surface area (TPSA) is 101 Å². The average molecular weight is 372 g/mol. The van der Waals surface area contributed by atoms with Gasteiger partial charge in [0.15, 0.2) is 11.3 Å². The molecule has 0 bridgehead atoms. The van der Waals surface area contributed by atoms with Crippen LogP contribution in [0.2, 0.25) is 0 Å². The van der Waals surface area contributed by atoms with Crippen LogP contribution in [-0.2, 0) is 0 Å². The van der Waals surface area contributed by atoms with Gasteiger partial charge in [-0.05, 0) is 30.3 Å². The second-order valence-electron chi connectivity index (χ2n) is 6.23. The molecule has 8 heteroatoms. The fourth-order valence-corrected chi connectivity index (χ4v) is 3.08. The van der Waals surface area contributed by atoms with Crippen molar-refractivity contribution in [3.8, 4) is 5.75 Å². The van der Waals surface area contributed by atoms with Crippen LogP contribution in [0.1, 0.15) is 0 Å². The number of hydrogen-bond acceptors (Lipinski definition) is 7. The molecule has 8 nitrogen and oxygen atoms in total. The number of aromatic amines is 1. The molecule has 0 saturated carbocycles. The van der Waals surface area contributed by atoms with Crippen molar-refractivity contribution >= 4 is 44.9 Å². The van der Waals surface area contributed by atoms with Crippen molar-refractivity contribution in [2.24, 2.45) is 0 Å². The van der Waals surface area contributed by atoms with Crippen LogP contribution in [0.15, 0.2) is 65.7 Å². The van der Waals surface area contributed by atoms with Gasteiger partial charge in [0.05, 0.1) is 25.1 Å². The molecule has 3 aromatic heterocycles. The number of benzene rings is 2. The minimum atomic E-state index is 0.658. The molecular weight excluding hydrogens is 356 g/mol. The maximum absolute atomic E-state index is 5.46. The summed E-state index contributed by atoms with van der Waals surface area (Å²) in [6.45, 7) is 0. The van der Waals surface area contributed by atoms with E-state index in [0.29, 0.717) is 23.0 Å². The van der Waals surface area contributed by atoms with Crippen LogP contribution >= 0.6 is 0 Å². The summed E-state index contributed by atoms with van der Waals surface area (Å²) in [5.74, 6) is 1.99. The molecule has 3 N–H and O–H groups in total. The van der Waals surface area contributed by atoms with Crippen LogP contribution in [0.4, 0.5) is 23.0 Å². The second kappa shape index (κ2) is 6.58. The zero-order chi connectivity index (χ0) is 18.9. The van der Waals surface area contributed by atoms with Gasteiger partial charge in [0, 0.05) is 34.3 Å². The summed E-state index contributed by atoms with van der Waals surface area (Å²) in [6.07, 6.45) is 4.93. The number of anilines is 4. The zero-order valence-corrected chi connectivity index (χ0v) is 14.9. The van der Waals surface area contributed by atoms with E-state index in [9.17, 15) is 0 Å². The van der Waals surface area contributed by atoms with Gasteiger partial charge in [0.2, 0.25) is 0 Å². The van der Waals surface area contributed by atoms with Crippen molar-refractivity contribution in [1.29, 1.82) is 0 Å². The summed E-state index contributed by atoms with van der Waals surface area (Å²) in [5, 5.41) is 15.5. The Morgan fingerprint density at radius 1 is 0.929 bits per heavy atom. The SMILES string of the molecule is COc1cc(Nc2cc(Nc3ccc4[nH]ncc4c3)ncn2)cc2ccoc12. The molecule has 28 heavy (non-hydrogen) atoms. The summed E-state index contributed by atoms with van der Waals surface area (Å²) in [7, 11) is 1.62. The van der Waals surface area contributed by atoms with Gasteiger partial charge in [-0.3, -0.25) is 5.10 Å². The molecule has 0 spiro atoms. The van der Waals surface area contributed by atoms with Crippen LogP contribution < -0.4 is 15.4 Å². The molecule has 0 saturated heterocycles. The fourth-order valence-electron chi connectivity index (χ4n) is 3.08. The highest BCUT2D eigenvalue weighted by atomic mass is 16.5. The fraction of sp³-hybridized carbons (Fsp3) is 0.0500. The van der Waals surface area contributed by atoms with E-state index in [1.165, 1.54) is 6.33 Å². The van der Waals surface area contributed by atoms with Crippen LogP contribution in [0, 0.1) is 0 Å². The van der Waals surface area contributed by atoms with Gasteiger partial charge in [0.1, 0.15) is 18.0 Å². The smallest absolute Gasteiger partial charge is 0.175 e. The predicted molar refractivity (Wildman–Crippen MR) is 107 cm³/mol. The van der Waals surface area contributed by atoms with E-state index in [0.717, 1.165) is 27.7 Å². The Morgan fingerprint density at radius 2 is 1.75 bits per heavy atom. The molecular formula is C20H16N6O2. The van der Waals surface area contributed by atoms with Crippen molar-refractivity contribution < 1.29 is 9.15 Å². The highest BCUT2D eigenvalue weighted by molar-refractivity contribution is 5.88. The lowest BCUT2D eigenvalue weighted by Crippen LogP contribution is -1.99. The molecule has 0 atom stereocenters. The number of hydrogen-bond donors (Lipinski definition) is 3. The molecule has 138 valence electrons. The molecule has 3 heterocycles. The number of rotatable bonds is 5. The van der Waals surface area contributed by atoms with E-state index in [1.54, 1.807) is 19.6 Å². The monoisotopic (exact) mass is 372 g/mol. The quantitative estimate of drug-likeness (QED) is 0.415. The first-order valence-electron chi connectivity index (χ1n) is 8.63. The Kier molecular flexibility index (Phi) is 3.79. The molecule has 5 rings (SSSR count). The Balaban J connectivity index is 1.41. The molecule has 0 radical (unpaired) electrons. The van der Waals surface area contributed by atoms with Crippen LogP contribution in [0.3, 0.4) is 0 Å². The number of aromatic nitrogens is 4. The third-order valence-electron chi connectivity index (χ3n) is 4.39. The number of methoxy groups -OCH3 is 1. The molecule has 0 amide bonds. The highest BCUT2D eigenvalue weighted by Gasteiger charge is 2.09. The third-order valence-corrected chi connectivity index (χ3v) is 4.39. The zero-order valence-electron chi connectivity index (χ0n) is 14.9. The van der Waals surface area contributed by atoms with E-state index >= 15 is 0 Å². The van der Waals surface area contributed by atoms with Gasteiger partial charge in [-0.25, -0.2) is 9.97 Å². The maximum atomic E-state index is 5.46. The molecule has 0 aliphatic rings. The molecule has 0 unspecified atom stereocenters. The molecule has 2 aromatic carbocycles. The van der Waals surface area contributed by atoms with Crippen LogP contribution in [-0.4, -0.2) is 27.3 Å². The number of nitrogens with zero attached hydrogens (tertiary/aromatic N) is 3. The maximum Gasteiger partial charge on any atom is 0.175 e. The Bertz CT molecular complexity index is 1280. The highest BCUT2D eigenvalue weighted by Crippen LogP contribution is 2.32. The van der Waals surface area contributed by atoms with Crippen molar-refractivity contribution in [1.82, 2.24) is 20.2 Å². The number of H-pyrrole nitrogens is 1.